The second kappa shape index (κ2) is 9.87. The molecule has 0 radical (unpaired) electrons. The minimum atomic E-state index is -3.37. The first-order chi connectivity index (χ1) is 17.4. The van der Waals surface area contributed by atoms with Crippen LogP contribution in [0.4, 0.5) is 10.2 Å². The molecule has 0 spiro atoms. The standard InChI is InChI=1S/C26H28FN5O3S/c1-31-13-11-22(12-14-31)36(33,34)21-7-4-18(5-8-21)23-9-10-25(32-17-29-30-26(23)32)28-16-19-3-6-20(27)15-24(19)35-2/h3-10,15,17,22,28H,11-14,16H2,1-2H3. The molecule has 0 amide bonds. The van der Waals surface area contributed by atoms with Gasteiger partial charge in [-0.1, -0.05) is 18.2 Å². The second-order valence-corrected chi connectivity index (χ2v) is 11.3. The maximum Gasteiger partial charge on any atom is 0.181 e. The van der Waals surface area contributed by atoms with E-state index in [9.17, 15) is 12.8 Å². The first kappa shape index (κ1) is 24.2. The van der Waals surface area contributed by atoms with Gasteiger partial charge in [0.25, 0.3) is 0 Å². The average Bonchev–Trinajstić information content (AvgIpc) is 3.38. The van der Waals surface area contributed by atoms with Crippen molar-refractivity contribution in [2.45, 2.75) is 29.5 Å². The normalized spacial score (nSPS) is 15.3. The molecule has 5 rings (SSSR count). The van der Waals surface area contributed by atoms with Gasteiger partial charge in [0.1, 0.15) is 23.7 Å². The van der Waals surface area contributed by atoms with Crippen molar-refractivity contribution in [3.63, 3.8) is 0 Å². The molecule has 3 heterocycles. The van der Waals surface area contributed by atoms with Crippen LogP contribution in [0.5, 0.6) is 5.75 Å². The summed E-state index contributed by atoms with van der Waals surface area (Å²) in [4.78, 5) is 2.51. The molecule has 1 aliphatic rings. The van der Waals surface area contributed by atoms with Crippen LogP contribution in [0.3, 0.4) is 0 Å². The number of sulfone groups is 1. The molecule has 0 bridgehead atoms. The highest BCUT2D eigenvalue weighted by molar-refractivity contribution is 7.92. The summed E-state index contributed by atoms with van der Waals surface area (Å²) in [6, 6.07) is 15.3. The number of halogens is 1. The highest BCUT2D eigenvalue weighted by atomic mass is 32.2. The molecule has 36 heavy (non-hydrogen) atoms. The van der Waals surface area contributed by atoms with Crippen molar-refractivity contribution in [2.24, 2.45) is 0 Å². The molecule has 188 valence electrons. The Kier molecular flexibility index (Phi) is 6.63. The lowest BCUT2D eigenvalue weighted by molar-refractivity contribution is 0.277. The van der Waals surface area contributed by atoms with E-state index < -0.39 is 9.84 Å². The summed E-state index contributed by atoms with van der Waals surface area (Å²) in [6.45, 7) is 2.00. The number of nitrogens with one attached hydrogen (secondary N) is 1. The Morgan fingerprint density at radius 3 is 2.56 bits per heavy atom. The van der Waals surface area contributed by atoms with Crippen LogP contribution in [0.15, 0.2) is 65.8 Å². The fraction of sp³-hybridized carbons (Fsp3) is 0.308. The summed E-state index contributed by atoms with van der Waals surface area (Å²) < 4.78 is 46.9. The third-order valence-electron chi connectivity index (χ3n) is 6.76. The van der Waals surface area contributed by atoms with Crippen LogP contribution in [-0.2, 0) is 16.4 Å². The zero-order chi connectivity index (χ0) is 25.3. The number of anilines is 1. The molecule has 1 N–H and O–H groups in total. The topological polar surface area (TPSA) is 88.8 Å². The van der Waals surface area contributed by atoms with E-state index in [1.165, 1.54) is 19.2 Å². The van der Waals surface area contributed by atoms with Crippen LogP contribution in [0.25, 0.3) is 16.8 Å². The molecule has 0 unspecified atom stereocenters. The average molecular weight is 510 g/mol. The number of methoxy groups -OCH3 is 1. The molecule has 1 aliphatic heterocycles. The largest absolute Gasteiger partial charge is 0.496 e. The van der Waals surface area contributed by atoms with Crippen molar-refractivity contribution in [3.8, 4) is 16.9 Å². The minimum absolute atomic E-state index is 0.340. The number of benzene rings is 2. The molecule has 1 saturated heterocycles. The number of rotatable bonds is 7. The van der Waals surface area contributed by atoms with Crippen LogP contribution >= 0.6 is 0 Å². The summed E-state index contributed by atoms with van der Waals surface area (Å²) >= 11 is 0. The Morgan fingerprint density at radius 1 is 1.08 bits per heavy atom. The number of hydrogen-bond acceptors (Lipinski definition) is 7. The van der Waals surface area contributed by atoms with Crippen molar-refractivity contribution in [2.75, 3.05) is 32.6 Å². The molecular weight excluding hydrogens is 481 g/mol. The van der Waals surface area contributed by atoms with E-state index in [2.05, 4.69) is 20.4 Å². The highest BCUT2D eigenvalue weighted by Crippen LogP contribution is 2.30. The van der Waals surface area contributed by atoms with Gasteiger partial charge in [-0.3, -0.25) is 4.40 Å². The zero-order valence-corrected chi connectivity index (χ0v) is 21.0. The lowest BCUT2D eigenvalue weighted by Gasteiger charge is -2.28. The van der Waals surface area contributed by atoms with Gasteiger partial charge in [0.15, 0.2) is 15.5 Å². The number of likely N-dealkylation sites (tertiary alicyclic amines) is 1. The van der Waals surface area contributed by atoms with E-state index in [1.807, 2.05) is 35.7 Å². The smallest absolute Gasteiger partial charge is 0.181 e. The van der Waals surface area contributed by atoms with Gasteiger partial charge in [0.2, 0.25) is 0 Å². The molecular formula is C26H28FN5O3S. The molecule has 2 aromatic carbocycles. The van der Waals surface area contributed by atoms with Crippen LogP contribution in [-0.4, -0.2) is 60.4 Å². The van der Waals surface area contributed by atoms with Crippen molar-refractivity contribution in [1.29, 1.82) is 0 Å². The van der Waals surface area contributed by atoms with E-state index in [0.29, 0.717) is 35.7 Å². The lowest BCUT2D eigenvalue weighted by Crippen LogP contribution is -2.37. The summed E-state index contributed by atoms with van der Waals surface area (Å²) in [5.74, 6) is 0.868. The molecule has 10 heteroatoms. The Labute approximate surface area is 209 Å². The molecule has 8 nitrogen and oxygen atoms in total. The number of pyridine rings is 1. The van der Waals surface area contributed by atoms with Gasteiger partial charge in [0.05, 0.1) is 17.3 Å². The van der Waals surface area contributed by atoms with Crippen molar-refractivity contribution >= 4 is 21.3 Å². The predicted octanol–water partition coefficient (Wildman–Crippen LogP) is 4.02. The van der Waals surface area contributed by atoms with Crippen LogP contribution in [0, 0.1) is 5.82 Å². The zero-order valence-electron chi connectivity index (χ0n) is 20.2. The SMILES string of the molecule is COc1cc(F)ccc1CNc1ccc(-c2ccc(S(=O)(=O)C3CCN(C)CC3)cc2)c2nncn12. The fourth-order valence-electron chi connectivity index (χ4n) is 4.64. The summed E-state index contributed by atoms with van der Waals surface area (Å²) in [5, 5.41) is 11.3. The van der Waals surface area contributed by atoms with Crippen molar-refractivity contribution in [1.82, 2.24) is 19.5 Å². The lowest BCUT2D eigenvalue weighted by atomic mass is 10.1. The van der Waals surface area contributed by atoms with E-state index in [-0.39, 0.29) is 11.1 Å². The summed E-state index contributed by atoms with van der Waals surface area (Å²) in [7, 11) is 0.158. The Bertz CT molecular complexity index is 1480. The molecule has 2 aromatic heterocycles. The van der Waals surface area contributed by atoms with Gasteiger partial charge in [-0.15, -0.1) is 10.2 Å². The minimum Gasteiger partial charge on any atom is -0.496 e. The Balaban J connectivity index is 1.38. The quantitative estimate of drug-likeness (QED) is 0.403. The van der Waals surface area contributed by atoms with Crippen LogP contribution < -0.4 is 10.1 Å². The predicted molar refractivity (Wildman–Crippen MR) is 136 cm³/mol. The van der Waals surface area contributed by atoms with Crippen molar-refractivity contribution in [3.05, 3.63) is 72.3 Å². The Morgan fingerprint density at radius 2 is 1.83 bits per heavy atom. The second-order valence-electron chi connectivity index (χ2n) is 9.04. The van der Waals surface area contributed by atoms with E-state index in [1.54, 1.807) is 24.5 Å². The number of piperidine rings is 1. The number of ether oxygens (including phenoxy) is 1. The van der Waals surface area contributed by atoms with E-state index in [4.69, 9.17) is 4.74 Å². The van der Waals surface area contributed by atoms with Gasteiger partial charge >= 0.3 is 0 Å². The van der Waals surface area contributed by atoms with E-state index >= 15 is 0 Å². The van der Waals surface area contributed by atoms with Gasteiger partial charge in [0, 0.05) is 23.7 Å². The molecule has 4 aromatic rings. The number of aromatic nitrogens is 3. The maximum atomic E-state index is 13.5. The third-order valence-corrected chi connectivity index (χ3v) is 9.04. The first-order valence-corrected chi connectivity index (χ1v) is 13.3. The number of nitrogens with zero attached hydrogens (tertiary/aromatic N) is 4. The van der Waals surface area contributed by atoms with Gasteiger partial charge in [-0.2, -0.15) is 0 Å². The summed E-state index contributed by atoms with van der Waals surface area (Å²) in [6.07, 6.45) is 2.92. The van der Waals surface area contributed by atoms with Gasteiger partial charge in [-0.05, 0) is 68.9 Å². The number of fused-ring (bicyclic) bond motifs is 1. The maximum absolute atomic E-state index is 13.5. The molecule has 0 atom stereocenters. The third kappa shape index (κ3) is 4.66. The summed E-state index contributed by atoms with van der Waals surface area (Å²) in [5.41, 5.74) is 3.13. The monoisotopic (exact) mass is 509 g/mol. The van der Waals surface area contributed by atoms with Crippen LogP contribution in [0.2, 0.25) is 0 Å². The molecule has 0 aliphatic carbocycles. The fourth-order valence-corrected chi connectivity index (χ4v) is 6.38. The van der Waals surface area contributed by atoms with Crippen molar-refractivity contribution < 1.29 is 17.5 Å². The van der Waals surface area contributed by atoms with E-state index in [0.717, 1.165) is 35.6 Å². The molecule has 0 saturated carbocycles. The van der Waals surface area contributed by atoms with Gasteiger partial charge < -0.3 is 15.0 Å². The number of hydrogen-bond donors (Lipinski definition) is 1. The Hall–Kier alpha value is -3.50. The van der Waals surface area contributed by atoms with Gasteiger partial charge in [-0.25, -0.2) is 12.8 Å². The first-order valence-electron chi connectivity index (χ1n) is 11.8. The van der Waals surface area contributed by atoms with Crippen LogP contribution in [0.1, 0.15) is 18.4 Å². The highest BCUT2D eigenvalue weighted by Gasteiger charge is 2.30. The molecule has 1 fully saturated rings.